The second-order valence-corrected chi connectivity index (χ2v) is 7.51. The lowest BCUT2D eigenvalue weighted by Gasteiger charge is -2.45. The Morgan fingerprint density at radius 1 is 1.32 bits per heavy atom. The van der Waals surface area contributed by atoms with Gasteiger partial charge in [0, 0.05) is 19.2 Å². The van der Waals surface area contributed by atoms with Crippen LogP contribution < -0.4 is 5.32 Å². The number of aliphatic carboxylic acids is 1. The van der Waals surface area contributed by atoms with Gasteiger partial charge in [-0.1, -0.05) is 11.2 Å². The zero-order valence-electron chi connectivity index (χ0n) is 14.6. The second kappa shape index (κ2) is 8.31. The lowest BCUT2D eigenvalue weighted by Crippen LogP contribution is -2.56. The SMILES string of the molecule is O=C(NC1CC2CCN1CC2)c1cc(-c2cccs2)on1.O=C(O)C(F)(F)F. The number of amides is 1. The Balaban J connectivity index is 0.000000279. The van der Waals surface area contributed by atoms with E-state index in [1.807, 2.05) is 17.5 Å². The number of aromatic nitrogens is 1. The number of piperidine rings is 3. The number of fused-ring (bicyclic) bond motifs is 3. The molecule has 2 N–H and O–H groups in total. The van der Waals surface area contributed by atoms with Crippen molar-refractivity contribution in [3.8, 4) is 10.6 Å². The summed E-state index contributed by atoms with van der Waals surface area (Å²) in [5.41, 5.74) is 0.362. The molecule has 3 aliphatic heterocycles. The quantitative estimate of drug-likeness (QED) is 0.796. The largest absolute Gasteiger partial charge is 0.490 e. The van der Waals surface area contributed by atoms with Crippen molar-refractivity contribution < 1.29 is 32.4 Å². The number of hydrogen-bond acceptors (Lipinski definition) is 6. The predicted molar refractivity (Wildman–Crippen MR) is 93.7 cm³/mol. The molecule has 5 heterocycles. The molecule has 1 amide bonds. The standard InChI is InChI=1S/C15H17N3O2S.C2HF3O2/c19-15(16-14-8-10-3-5-18(14)6-4-10)11-9-12(20-17-11)13-2-1-7-21-13;3-2(4,5)1(6)7/h1-2,7,9-10,14H,3-6,8H2,(H,16,19);(H,6,7). The number of hydrogen-bond donors (Lipinski definition) is 2. The van der Waals surface area contributed by atoms with Crippen LogP contribution in [0.2, 0.25) is 0 Å². The van der Waals surface area contributed by atoms with Gasteiger partial charge in [-0.3, -0.25) is 9.69 Å². The van der Waals surface area contributed by atoms with E-state index >= 15 is 0 Å². The molecule has 3 aliphatic rings. The van der Waals surface area contributed by atoms with Crippen molar-refractivity contribution in [2.24, 2.45) is 5.92 Å². The fourth-order valence-corrected chi connectivity index (χ4v) is 3.93. The Morgan fingerprint density at radius 2 is 2.00 bits per heavy atom. The topological polar surface area (TPSA) is 95.7 Å². The van der Waals surface area contributed by atoms with E-state index in [1.165, 1.54) is 12.8 Å². The summed E-state index contributed by atoms with van der Waals surface area (Å²) in [7, 11) is 0. The smallest absolute Gasteiger partial charge is 0.475 e. The van der Waals surface area contributed by atoms with E-state index in [-0.39, 0.29) is 12.1 Å². The summed E-state index contributed by atoms with van der Waals surface area (Å²) in [5, 5.41) is 16.1. The van der Waals surface area contributed by atoms with E-state index in [9.17, 15) is 18.0 Å². The fraction of sp³-hybridized carbons (Fsp3) is 0.471. The van der Waals surface area contributed by atoms with E-state index in [4.69, 9.17) is 14.4 Å². The molecule has 3 saturated heterocycles. The summed E-state index contributed by atoms with van der Waals surface area (Å²) in [6.07, 6.45) is -1.34. The average molecular weight is 417 g/mol. The number of alkyl halides is 3. The Labute approximate surface area is 162 Å². The number of carbonyl (C=O) groups excluding carboxylic acids is 1. The number of nitrogens with one attached hydrogen (secondary N) is 1. The van der Waals surface area contributed by atoms with Gasteiger partial charge in [0.05, 0.1) is 11.0 Å². The third kappa shape index (κ3) is 4.90. The van der Waals surface area contributed by atoms with Crippen molar-refractivity contribution in [3.05, 3.63) is 29.3 Å². The number of thiophene rings is 1. The molecule has 28 heavy (non-hydrogen) atoms. The van der Waals surface area contributed by atoms with Crippen molar-refractivity contribution >= 4 is 23.2 Å². The molecule has 0 aliphatic carbocycles. The van der Waals surface area contributed by atoms with E-state index in [0.29, 0.717) is 11.5 Å². The van der Waals surface area contributed by atoms with Crippen molar-refractivity contribution in [2.45, 2.75) is 31.6 Å². The van der Waals surface area contributed by atoms with Crippen molar-refractivity contribution in [2.75, 3.05) is 13.1 Å². The minimum absolute atomic E-state index is 0.140. The molecule has 11 heteroatoms. The Hall–Kier alpha value is -2.40. The average Bonchev–Trinajstić information content (AvgIpc) is 3.34. The van der Waals surface area contributed by atoms with Gasteiger partial charge in [-0.2, -0.15) is 13.2 Å². The molecule has 0 saturated carbocycles. The second-order valence-electron chi connectivity index (χ2n) is 6.56. The molecule has 1 unspecified atom stereocenters. The third-order valence-corrected chi connectivity index (χ3v) is 5.58. The first-order valence-corrected chi connectivity index (χ1v) is 9.47. The minimum atomic E-state index is -5.08. The molecule has 152 valence electrons. The molecule has 0 radical (unpaired) electrons. The van der Waals surface area contributed by atoms with Crippen LogP contribution in [0.3, 0.4) is 0 Å². The highest BCUT2D eigenvalue weighted by molar-refractivity contribution is 7.13. The Kier molecular flexibility index (Phi) is 6.04. The molecule has 7 nitrogen and oxygen atoms in total. The Morgan fingerprint density at radius 3 is 2.50 bits per heavy atom. The lowest BCUT2D eigenvalue weighted by atomic mass is 9.86. The molecule has 0 spiro atoms. The summed E-state index contributed by atoms with van der Waals surface area (Å²) in [5.74, 6) is -1.48. The maximum Gasteiger partial charge on any atom is 0.490 e. The fourth-order valence-electron chi connectivity index (χ4n) is 3.26. The zero-order chi connectivity index (χ0) is 20.3. The number of carbonyl (C=O) groups is 2. The van der Waals surface area contributed by atoms with Gasteiger partial charge in [0.25, 0.3) is 5.91 Å². The third-order valence-electron chi connectivity index (χ3n) is 4.69. The summed E-state index contributed by atoms with van der Waals surface area (Å²) < 4.78 is 37.0. The molecule has 2 aromatic rings. The van der Waals surface area contributed by atoms with Crippen LogP contribution in [0.15, 0.2) is 28.1 Å². The molecule has 2 aromatic heterocycles. The minimum Gasteiger partial charge on any atom is -0.475 e. The maximum atomic E-state index is 12.3. The van der Waals surface area contributed by atoms with Crippen LogP contribution in [-0.4, -0.2) is 52.5 Å². The summed E-state index contributed by atoms with van der Waals surface area (Å²) in [4.78, 5) is 24.6. The zero-order valence-corrected chi connectivity index (χ0v) is 15.4. The first-order chi connectivity index (χ1) is 13.2. The van der Waals surface area contributed by atoms with Crippen LogP contribution in [-0.2, 0) is 4.79 Å². The van der Waals surface area contributed by atoms with Gasteiger partial charge >= 0.3 is 12.1 Å². The first-order valence-electron chi connectivity index (χ1n) is 8.59. The molecular formula is C17H18F3N3O4S. The van der Waals surface area contributed by atoms with Crippen LogP contribution in [0.1, 0.15) is 29.8 Å². The summed E-state index contributed by atoms with van der Waals surface area (Å²) in [6, 6.07) is 5.63. The Bertz CT molecular complexity index is 814. The van der Waals surface area contributed by atoms with Crippen LogP contribution in [0, 0.1) is 5.92 Å². The van der Waals surface area contributed by atoms with Crippen LogP contribution >= 0.6 is 11.3 Å². The molecule has 0 aromatic carbocycles. The summed E-state index contributed by atoms with van der Waals surface area (Å²) >= 11 is 1.57. The van der Waals surface area contributed by atoms with E-state index in [2.05, 4.69) is 15.4 Å². The number of carboxylic acid groups (broad SMARTS) is 1. The van der Waals surface area contributed by atoms with Gasteiger partial charge in [-0.15, -0.1) is 11.3 Å². The molecular weight excluding hydrogens is 399 g/mol. The molecule has 5 rings (SSSR count). The highest BCUT2D eigenvalue weighted by atomic mass is 32.1. The van der Waals surface area contributed by atoms with Gasteiger partial charge in [0.15, 0.2) is 11.5 Å². The van der Waals surface area contributed by atoms with E-state index < -0.39 is 12.1 Å². The van der Waals surface area contributed by atoms with Crippen molar-refractivity contribution in [1.82, 2.24) is 15.4 Å². The first kappa shape index (κ1) is 20.3. The normalized spacial score (nSPS) is 23.6. The monoisotopic (exact) mass is 417 g/mol. The number of nitrogens with zero attached hydrogens (tertiary/aromatic N) is 2. The highest BCUT2D eigenvalue weighted by Crippen LogP contribution is 2.31. The van der Waals surface area contributed by atoms with Gasteiger partial charge in [0.2, 0.25) is 0 Å². The predicted octanol–water partition coefficient (Wildman–Crippen LogP) is 3.21. The van der Waals surface area contributed by atoms with Crippen LogP contribution in [0.5, 0.6) is 0 Å². The van der Waals surface area contributed by atoms with E-state index in [1.54, 1.807) is 17.4 Å². The molecule has 1 atom stereocenters. The van der Waals surface area contributed by atoms with Gasteiger partial charge < -0.3 is 14.9 Å². The number of halogens is 3. The van der Waals surface area contributed by atoms with Gasteiger partial charge in [0.1, 0.15) is 0 Å². The van der Waals surface area contributed by atoms with Crippen molar-refractivity contribution in [1.29, 1.82) is 0 Å². The molecule has 3 fully saturated rings. The van der Waals surface area contributed by atoms with Crippen molar-refractivity contribution in [3.63, 3.8) is 0 Å². The summed E-state index contributed by atoms with van der Waals surface area (Å²) in [6.45, 7) is 2.18. The maximum absolute atomic E-state index is 12.3. The van der Waals surface area contributed by atoms with Gasteiger partial charge in [-0.25, -0.2) is 4.79 Å². The van der Waals surface area contributed by atoms with Crippen LogP contribution in [0.4, 0.5) is 13.2 Å². The number of carboxylic acids is 1. The molecule has 2 bridgehead atoms. The van der Waals surface area contributed by atoms with E-state index in [0.717, 1.165) is 30.3 Å². The van der Waals surface area contributed by atoms with Gasteiger partial charge in [-0.05, 0) is 36.6 Å². The van der Waals surface area contributed by atoms with Crippen LogP contribution in [0.25, 0.3) is 10.6 Å². The lowest BCUT2D eigenvalue weighted by molar-refractivity contribution is -0.192. The highest BCUT2D eigenvalue weighted by Gasteiger charge is 2.38. The number of rotatable bonds is 3.